The number of hydrogen-bond donors (Lipinski definition) is 0. The molecular weight excluding hydrogens is 717 g/mol. The molecule has 0 unspecified atom stereocenters. The first-order chi connectivity index (χ1) is 28.7. The minimum atomic E-state index is -0.116. The van der Waals surface area contributed by atoms with Crippen molar-refractivity contribution in [1.29, 1.82) is 0 Å². The van der Waals surface area contributed by atoms with Gasteiger partial charge in [0.1, 0.15) is 5.52 Å². The van der Waals surface area contributed by atoms with Crippen molar-refractivity contribution >= 4 is 32.8 Å². The van der Waals surface area contributed by atoms with Crippen LogP contribution in [0.5, 0.6) is 0 Å². The van der Waals surface area contributed by atoms with Gasteiger partial charge in [-0.3, -0.25) is 0 Å². The summed E-state index contributed by atoms with van der Waals surface area (Å²) in [6.45, 7) is 9.39. The van der Waals surface area contributed by atoms with Crippen molar-refractivity contribution in [1.82, 2.24) is 9.97 Å². The summed E-state index contributed by atoms with van der Waals surface area (Å²) in [4.78, 5) is 10.4. The number of aromatic nitrogens is 2. The number of nitrogens with zero attached hydrogens (tertiary/aromatic N) is 2. The van der Waals surface area contributed by atoms with Gasteiger partial charge in [0, 0.05) is 32.7 Å². The molecule has 0 aliphatic heterocycles. The number of hydrogen-bond acceptors (Lipinski definition) is 3. The Morgan fingerprint density at radius 2 is 0.898 bits per heavy atom. The highest BCUT2D eigenvalue weighted by Gasteiger charge is 2.36. The molecule has 3 nitrogen and oxygen atoms in total. The number of rotatable bonds is 4. The SMILES string of the molecule is CC1(C)c2ccccc2-c2ccc(-c3cc(-c4ccc(-c5nc6ccccc6o5)cc4)c4cc(-c5ccc6c(c5)C(C)(C)c5ccccc5-6)c5ccccc5c4n3)cc21. The van der Waals surface area contributed by atoms with E-state index in [4.69, 9.17) is 14.4 Å². The molecule has 0 atom stereocenters. The summed E-state index contributed by atoms with van der Waals surface area (Å²) in [5.74, 6) is 0.620. The first-order valence-electron chi connectivity index (χ1n) is 20.6. The third-order valence-corrected chi connectivity index (χ3v) is 13.3. The quantitative estimate of drug-likeness (QED) is 0.168. The molecule has 0 saturated heterocycles. The molecule has 2 aliphatic carbocycles. The molecule has 10 aromatic rings. The fraction of sp³-hybridized carbons (Fsp3) is 0.107. The van der Waals surface area contributed by atoms with Gasteiger partial charge in [0.2, 0.25) is 5.89 Å². The smallest absolute Gasteiger partial charge is 0.227 e. The zero-order valence-corrected chi connectivity index (χ0v) is 33.5. The van der Waals surface area contributed by atoms with E-state index in [1.807, 2.05) is 24.3 Å². The normalized spacial score (nSPS) is 14.4. The van der Waals surface area contributed by atoms with Crippen LogP contribution in [0.1, 0.15) is 49.9 Å². The number of para-hydroxylation sites is 2. The summed E-state index contributed by atoms with van der Waals surface area (Å²) in [5, 5.41) is 3.46. The average Bonchev–Trinajstić information content (AvgIpc) is 3.89. The first kappa shape index (κ1) is 34.0. The first-order valence-corrected chi connectivity index (χ1v) is 20.6. The molecule has 0 radical (unpaired) electrons. The molecule has 0 spiro atoms. The van der Waals surface area contributed by atoms with Gasteiger partial charge in [0.15, 0.2) is 5.58 Å². The van der Waals surface area contributed by atoms with E-state index in [2.05, 4.69) is 173 Å². The summed E-state index contributed by atoms with van der Waals surface area (Å²) in [6, 6.07) is 61.8. The number of benzene rings is 8. The Labute approximate surface area is 343 Å². The van der Waals surface area contributed by atoms with Crippen LogP contribution in [0.3, 0.4) is 0 Å². The lowest BCUT2D eigenvalue weighted by Crippen LogP contribution is -2.15. The lowest BCUT2D eigenvalue weighted by molar-refractivity contribution is 0.620. The van der Waals surface area contributed by atoms with Crippen LogP contribution in [0, 0.1) is 0 Å². The van der Waals surface area contributed by atoms with E-state index in [9.17, 15) is 0 Å². The van der Waals surface area contributed by atoms with Crippen LogP contribution in [0.4, 0.5) is 0 Å². The van der Waals surface area contributed by atoms with Gasteiger partial charge in [-0.15, -0.1) is 0 Å². The summed E-state index contributed by atoms with van der Waals surface area (Å²) < 4.78 is 6.18. The van der Waals surface area contributed by atoms with E-state index in [0.717, 1.165) is 55.3 Å². The standard InChI is InChI=1S/C56H40N2O/c1-55(2)46-17-9-7-14-38(46)40-27-25-35(29-48(40)55)43-31-45-44(33-21-23-34(24-22-33)54-58-50-19-11-12-20-52(50)59-54)32-51(57-53(45)42-16-6-5-13-37(42)43)36-26-28-41-39-15-8-10-18-47(39)56(3,4)49(41)30-36/h5-32H,1-4H3. The molecule has 0 amide bonds. The van der Waals surface area contributed by atoms with Gasteiger partial charge in [-0.25, -0.2) is 9.97 Å². The maximum Gasteiger partial charge on any atom is 0.227 e. The van der Waals surface area contributed by atoms with Crippen molar-refractivity contribution < 1.29 is 4.42 Å². The Morgan fingerprint density at radius 3 is 1.59 bits per heavy atom. The van der Waals surface area contributed by atoms with Crippen LogP contribution in [-0.4, -0.2) is 9.97 Å². The summed E-state index contributed by atoms with van der Waals surface area (Å²) >= 11 is 0. The zero-order valence-electron chi connectivity index (χ0n) is 33.5. The lowest BCUT2D eigenvalue weighted by atomic mass is 9.81. The average molecular weight is 757 g/mol. The Balaban J connectivity index is 1.08. The van der Waals surface area contributed by atoms with Crippen LogP contribution >= 0.6 is 0 Å². The topological polar surface area (TPSA) is 38.9 Å². The predicted octanol–water partition coefficient (Wildman–Crippen LogP) is 14.8. The maximum atomic E-state index is 6.18. The van der Waals surface area contributed by atoms with E-state index in [-0.39, 0.29) is 10.8 Å². The van der Waals surface area contributed by atoms with Crippen molar-refractivity contribution in [3.05, 3.63) is 192 Å². The van der Waals surface area contributed by atoms with Gasteiger partial charge < -0.3 is 4.42 Å². The van der Waals surface area contributed by atoms with Crippen molar-refractivity contribution in [2.45, 2.75) is 38.5 Å². The Bertz CT molecular complexity index is 3350. The maximum absolute atomic E-state index is 6.18. The highest BCUT2D eigenvalue weighted by molar-refractivity contribution is 6.16. The van der Waals surface area contributed by atoms with Gasteiger partial charge in [-0.1, -0.05) is 149 Å². The van der Waals surface area contributed by atoms with Gasteiger partial charge in [0.05, 0.1) is 11.2 Å². The predicted molar refractivity (Wildman–Crippen MR) is 244 cm³/mol. The van der Waals surface area contributed by atoms with Crippen LogP contribution in [0.25, 0.3) is 100.0 Å². The van der Waals surface area contributed by atoms with E-state index < -0.39 is 0 Å². The second-order valence-corrected chi connectivity index (χ2v) is 17.3. The van der Waals surface area contributed by atoms with Gasteiger partial charge in [-0.2, -0.15) is 0 Å². The Hall–Kier alpha value is -7.10. The van der Waals surface area contributed by atoms with Crippen molar-refractivity contribution in [3.8, 4) is 67.2 Å². The molecule has 0 bridgehead atoms. The molecule has 59 heavy (non-hydrogen) atoms. The highest BCUT2D eigenvalue weighted by atomic mass is 16.3. The molecule has 12 rings (SSSR count). The fourth-order valence-corrected chi connectivity index (χ4v) is 10.2. The van der Waals surface area contributed by atoms with Crippen LogP contribution < -0.4 is 0 Å². The Morgan fingerprint density at radius 1 is 0.373 bits per heavy atom. The van der Waals surface area contributed by atoms with Crippen molar-refractivity contribution in [2.75, 3.05) is 0 Å². The molecule has 0 saturated carbocycles. The number of fused-ring (bicyclic) bond motifs is 10. The van der Waals surface area contributed by atoms with Gasteiger partial charge >= 0.3 is 0 Å². The second-order valence-electron chi connectivity index (χ2n) is 17.3. The molecule has 0 fully saturated rings. The lowest BCUT2D eigenvalue weighted by Gasteiger charge is -2.22. The summed E-state index contributed by atoms with van der Waals surface area (Å²) in [6.07, 6.45) is 0. The molecule has 2 aliphatic rings. The van der Waals surface area contributed by atoms with Crippen molar-refractivity contribution in [2.24, 2.45) is 0 Å². The summed E-state index contributed by atoms with van der Waals surface area (Å²) in [7, 11) is 0. The molecule has 280 valence electrons. The van der Waals surface area contributed by atoms with E-state index >= 15 is 0 Å². The largest absolute Gasteiger partial charge is 0.436 e. The molecular formula is C56H40N2O. The van der Waals surface area contributed by atoms with E-state index in [1.54, 1.807) is 0 Å². The van der Waals surface area contributed by atoms with Crippen molar-refractivity contribution in [3.63, 3.8) is 0 Å². The monoisotopic (exact) mass is 756 g/mol. The number of pyridine rings is 1. The molecule has 8 aromatic carbocycles. The zero-order chi connectivity index (χ0) is 39.6. The molecule has 0 N–H and O–H groups in total. The minimum absolute atomic E-state index is 0.0988. The van der Waals surface area contributed by atoms with Gasteiger partial charge in [-0.05, 0) is 121 Å². The van der Waals surface area contributed by atoms with Crippen LogP contribution in [0.2, 0.25) is 0 Å². The van der Waals surface area contributed by atoms with Gasteiger partial charge in [0.25, 0.3) is 0 Å². The molecule has 2 aromatic heterocycles. The van der Waals surface area contributed by atoms with Crippen LogP contribution in [-0.2, 0) is 10.8 Å². The molecule has 2 heterocycles. The summed E-state index contributed by atoms with van der Waals surface area (Å²) in [5.41, 5.74) is 20.9. The van der Waals surface area contributed by atoms with E-state index in [1.165, 1.54) is 61.0 Å². The fourth-order valence-electron chi connectivity index (χ4n) is 10.2. The third-order valence-electron chi connectivity index (χ3n) is 13.3. The highest BCUT2D eigenvalue weighted by Crippen LogP contribution is 2.52. The second kappa shape index (κ2) is 12.2. The number of oxazole rings is 1. The third kappa shape index (κ3) is 4.94. The molecule has 3 heteroatoms. The minimum Gasteiger partial charge on any atom is -0.436 e. The van der Waals surface area contributed by atoms with E-state index in [0.29, 0.717) is 5.89 Å². The van der Waals surface area contributed by atoms with Crippen LogP contribution in [0.15, 0.2) is 174 Å². The Kier molecular flexibility index (Phi) is 7.03.